The molecular weight excluding hydrogens is 246 g/mol. The van der Waals surface area contributed by atoms with Gasteiger partial charge in [0.25, 0.3) is 0 Å². The first-order chi connectivity index (χ1) is 9.07. The third-order valence-corrected chi connectivity index (χ3v) is 5.99. The molecule has 0 saturated heterocycles. The molecule has 0 heterocycles. The molecule has 3 aliphatic carbocycles. The minimum absolute atomic E-state index is 0.0482. The van der Waals surface area contributed by atoms with Crippen LogP contribution in [0.15, 0.2) is 0 Å². The maximum absolute atomic E-state index is 13.2. The molecule has 3 N–H and O–H groups in total. The summed E-state index contributed by atoms with van der Waals surface area (Å²) < 4.78 is 26.4. The third kappa shape index (κ3) is 2.94. The molecule has 0 radical (unpaired) electrons. The molecule has 0 aromatic carbocycles. The predicted molar refractivity (Wildman–Crippen MR) is 71.6 cm³/mol. The van der Waals surface area contributed by atoms with E-state index in [1.165, 1.54) is 25.7 Å². The summed E-state index contributed by atoms with van der Waals surface area (Å²) in [7, 11) is 0. The van der Waals surface area contributed by atoms with Crippen molar-refractivity contribution in [2.75, 3.05) is 0 Å². The van der Waals surface area contributed by atoms with Crippen LogP contribution < -0.4 is 11.3 Å². The van der Waals surface area contributed by atoms with Crippen LogP contribution >= 0.6 is 0 Å². The van der Waals surface area contributed by atoms with E-state index in [4.69, 9.17) is 5.84 Å². The zero-order chi connectivity index (χ0) is 13.5. The number of halogens is 2. The molecule has 19 heavy (non-hydrogen) atoms. The van der Waals surface area contributed by atoms with Gasteiger partial charge in [0.1, 0.15) is 0 Å². The Balaban J connectivity index is 1.53. The average molecular weight is 272 g/mol. The Labute approximate surface area is 114 Å². The first kappa shape index (κ1) is 13.7. The maximum Gasteiger partial charge on any atom is 0.248 e. The van der Waals surface area contributed by atoms with E-state index in [1.807, 2.05) is 0 Å². The van der Waals surface area contributed by atoms with Gasteiger partial charge >= 0.3 is 0 Å². The van der Waals surface area contributed by atoms with Gasteiger partial charge in [0.2, 0.25) is 5.92 Å². The molecule has 3 fully saturated rings. The van der Waals surface area contributed by atoms with E-state index >= 15 is 0 Å². The summed E-state index contributed by atoms with van der Waals surface area (Å²) in [5.41, 5.74) is 2.94. The van der Waals surface area contributed by atoms with Crippen molar-refractivity contribution in [1.82, 2.24) is 5.43 Å². The summed E-state index contributed by atoms with van der Waals surface area (Å²) in [6.07, 6.45) is 8.02. The molecule has 2 nitrogen and oxygen atoms in total. The molecule has 0 aliphatic heterocycles. The molecule has 3 saturated carbocycles. The second-order valence-corrected chi connectivity index (χ2v) is 7.14. The highest BCUT2D eigenvalue weighted by Crippen LogP contribution is 2.50. The van der Waals surface area contributed by atoms with Gasteiger partial charge in [-0.2, -0.15) is 0 Å². The van der Waals surface area contributed by atoms with E-state index in [1.54, 1.807) is 0 Å². The minimum Gasteiger partial charge on any atom is -0.271 e. The van der Waals surface area contributed by atoms with E-state index in [2.05, 4.69) is 5.43 Å². The van der Waals surface area contributed by atoms with Gasteiger partial charge < -0.3 is 0 Å². The van der Waals surface area contributed by atoms with Crippen LogP contribution in [0.3, 0.4) is 0 Å². The van der Waals surface area contributed by atoms with Crippen LogP contribution in [0.1, 0.15) is 57.8 Å². The van der Waals surface area contributed by atoms with Gasteiger partial charge in [-0.3, -0.25) is 11.3 Å². The van der Waals surface area contributed by atoms with Crippen LogP contribution in [0.2, 0.25) is 0 Å². The summed E-state index contributed by atoms with van der Waals surface area (Å²) in [6, 6.07) is 0.250. The largest absolute Gasteiger partial charge is 0.271 e. The highest BCUT2D eigenvalue weighted by atomic mass is 19.3. The molecule has 0 amide bonds. The Morgan fingerprint density at radius 3 is 2.37 bits per heavy atom. The average Bonchev–Trinajstić information content (AvgIpc) is 2.98. The van der Waals surface area contributed by atoms with Gasteiger partial charge in [-0.05, 0) is 62.2 Å². The Kier molecular flexibility index (Phi) is 3.82. The van der Waals surface area contributed by atoms with Crippen molar-refractivity contribution in [2.24, 2.45) is 29.5 Å². The standard InChI is InChI=1S/C15H26F2N2/c16-15(17)5-3-11(4-6-15)14(19-18)9-13-8-10-1-2-12(13)7-10/h10-14,19H,1-9,18H2. The Bertz CT molecular complexity index is 311. The first-order valence-corrected chi connectivity index (χ1v) is 7.91. The molecule has 110 valence electrons. The summed E-state index contributed by atoms with van der Waals surface area (Å²) >= 11 is 0. The number of fused-ring (bicyclic) bond motifs is 2. The molecular formula is C15H26F2N2. The lowest BCUT2D eigenvalue weighted by molar-refractivity contribution is -0.0507. The van der Waals surface area contributed by atoms with Crippen molar-refractivity contribution in [3.05, 3.63) is 0 Å². The van der Waals surface area contributed by atoms with E-state index in [0.717, 1.165) is 24.2 Å². The van der Waals surface area contributed by atoms with E-state index in [0.29, 0.717) is 18.8 Å². The number of nitrogens with one attached hydrogen (secondary N) is 1. The van der Waals surface area contributed by atoms with Crippen molar-refractivity contribution in [1.29, 1.82) is 0 Å². The van der Waals surface area contributed by atoms with E-state index in [9.17, 15) is 8.78 Å². The van der Waals surface area contributed by atoms with Gasteiger partial charge in [-0.25, -0.2) is 8.78 Å². The fourth-order valence-corrected chi connectivity index (χ4v) is 4.85. The van der Waals surface area contributed by atoms with Crippen LogP contribution in [-0.2, 0) is 0 Å². The molecule has 0 aromatic heterocycles. The van der Waals surface area contributed by atoms with Crippen molar-refractivity contribution in [3.63, 3.8) is 0 Å². The van der Waals surface area contributed by atoms with Gasteiger partial charge in [0.15, 0.2) is 0 Å². The highest BCUT2D eigenvalue weighted by Gasteiger charge is 2.42. The second kappa shape index (κ2) is 5.28. The summed E-state index contributed by atoms with van der Waals surface area (Å²) in [6.45, 7) is 0. The number of rotatable bonds is 4. The van der Waals surface area contributed by atoms with Crippen LogP contribution in [0, 0.1) is 23.7 Å². The predicted octanol–water partition coefficient (Wildman–Crippen LogP) is 3.47. The molecule has 4 unspecified atom stereocenters. The molecule has 4 atom stereocenters. The Morgan fingerprint density at radius 1 is 1.11 bits per heavy atom. The molecule has 3 rings (SSSR count). The Hall–Kier alpha value is -0.220. The molecule has 2 bridgehead atoms. The fourth-order valence-electron chi connectivity index (χ4n) is 4.85. The molecule has 0 spiro atoms. The zero-order valence-electron chi connectivity index (χ0n) is 11.6. The fraction of sp³-hybridized carbons (Fsp3) is 1.00. The van der Waals surface area contributed by atoms with Gasteiger partial charge in [0, 0.05) is 18.9 Å². The second-order valence-electron chi connectivity index (χ2n) is 7.14. The molecule has 4 heteroatoms. The molecule has 0 aromatic rings. The number of hydrogen-bond donors (Lipinski definition) is 2. The number of nitrogens with two attached hydrogens (primary N) is 1. The number of hydrazine groups is 1. The van der Waals surface area contributed by atoms with E-state index < -0.39 is 5.92 Å². The van der Waals surface area contributed by atoms with Crippen molar-refractivity contribution >= 4 is 0 Å². The van der Waals surface area contributed by atoms with Crippen LogP contribution in [0.25, 0.3) is 0 Å². The van der Waals surface area contributed by atoms with Gasteiger partial charge in [0.05, 0.1) is 0 Å². The van der Waals surface area contributed by atoms with Gasteiger partial charge in [-0.1, -0.05) is 6.42 Å². The molecule has 3 aliphatic rings. The van der Waals surface area contributed by atoms with Crippen molar-refractivity contribution < 1.29 is 8.78 Å². The number of alkyl halides is 2. The SMILES string of the molecule is NNC(CC1CC2CCC1C2)C1CCC(F)(F)CC1. The van der Waals surface area contributed by atoms with Crippen LogP contribution in [0.5, 0.6) is 0 Å². The lowest BCUT2D eigenvalue weighted by atomic mass is 9.76. The quantitative estimate of drug-likeness (QED) is 0.607. The number of hydrogen-bond acceptors (Lipinski definition) is 2. The maximum atomic E-state index is 13.2. The van der Waals surface area contributed by atoms with Crippen molar-refractivity contribution in [3.8, 4) is 0 Å². The smallest absolute Gasteiger partial charge is 0.248 e. The summed E-state index contributed by atoms with van der Waals surface area (Å²) in [5, 5.41) is 0. The minimum atomic E-state index is -2.43. The van der Waals surface area contributed by atoms with Crippen LogP contribution in [0.4, 0.5) is 8.78 Å². The zero-order valence-corrected chi connectivity index (χ0v) is 11.6. The lowest BCUT2D eigenvalue weighted by Crippen LogP contribution is -2.45. The summed E-state index contributed by atoms with van der Waals surface area (Å²) in [4.78, 5) is 0. The van der Waals surface area contributed by atoms with Crippen LogP contribution in [-0.4, -0.2) is 12.0 Å². The Morgan fingerprint density at radius 2 is 1.84 bits per heavy atom. The third-order valence-electron chi connectivity index (χ3n) is 5.99. The highest BCUT2D eigenvalue weighted by molar-refractivity contribution is 4.93. The summed E-state index contributed by atoms with van der Waals surface area (Å²) in [5.74, 6) is 6.27. The normalized spacial score (nSPS) is 39.6. The lowest BCUT2D eigenvalue weighted by Gasteiger charge is -2.36. The topological polar surface area (TPSA) is 38.0 Å². The monoisotopic (exact) mass is 272 g/mol. The first-order valence-electron chi connectivity index (χ1n) is 7.91. The van der Waals surface area contributed by atoms with Gasteiger partial charge in [-0.15, -0.1) is 0 Å². The van der Waals surface area contributed by atoms with E-state index in [-0.39, 0.29) is 18.9 Å². The van der Waals surface area contributed by atoms with Crippen molar-refractivity contribution in [2.45, 2.75) is 69.8 Å².